The zero-order chi connectivity index (χ0) is 13.7. The minimum absolute atomic E-state index is 0.0561. The van der Waals surface area contributed by atoms with Gasteiger partial charge >= 0.3 is 0 Å². The Morgan fingerprint density at radius 2 is 2.53 bits per heavy atom. The summed E-state index contributed by atoms with van der Waals surface area (Å²) in [6.07, 6.45) is 2.61. The van der Waals surface area contributed by atoms with Crippen molar-refractivity contribution >= 4 is 11.7 Å². The molecule has 6 nitrogen and oxygen atoms in total. The van der Waals surface area contributed by atoms with E-state index in [1.807, 2.05) is 0 Å². The maximum atomic E-state index is 11.7. The van der Waals surface area contributed by atoms with E-state index in [0.717, 1.165) is 32.5 Å². The van der Waals surface area contributed by atoms with Crippen LogP contribution in [0.3, 0.4) is 0 Å². The molecular weight excluding hydrogens is 246 g/mol. The maximum absolute atomic E-state index is 11.7. The number of hydrogen-bond donors (Lipinski definition) is 2. The van der Waals surface area contributed by atoms with Gasteiger partial charge < -0.3 is 19.8 Å². The van der Waals surface area contributed by atoms with Crippen molar-refractivity contribution in [3.63, 3.8) is 0 Å². The van der Waals surface area contributed by atoms with Gasteiger partial charge in [0.1, 0.15) is 5.76 Å². The summed E-state index contributed by atoms with van der Waals surface area (Å²) in [6.45, 7) is 4.63. The van der Waals surface area contributed by atoms with E-state index in [4.69, 9.17) is 9.63 Å². The average Bonchev–Trinajstić information content (AvgIpc) is 2.82. The molecule has 1 fully saturated rings. The fourth-order valence-electron chi connectivity index (χ4n) is 2.39. The summed E-state index contributed by atoms with van der Waals surface area (Å²) in [6, 6.07) is 1.70. The molecule has 1 aliphatic rings. The fourth-order valence-corrected chi connectivity index (χ4v) is 2.39. The van der Waals surface area contributed by atoms with Crippen LogP contribution in [0, 0.1) is 12.8 Å². The van der Waals surface area contributed by atoms with Crippen LogP contribution in [0.15, 0.2) is 10.6 Å². The van der Waals surface area contributed by atoms with Gasteiger partial charge in [-0.3, -0.25) is 4.79 Å². The lowest BCUT2D eigenvalue weighted by Crippen LogP contribution is -2.38. The van der Waals surface area contributed by atoms with E-state index in [2.05, 4.69) is 15.4 Å². The van der Waals surface area contributed by atoms with E-state index in [9.17, 15) is 4.79 Å². The molecule has 1 amide bonds. The predicted octanol–water partition coefficient (Wildman–Crippen LogP) is 1.02. The summed E-state index contributed by atoms with van der Waals surface area (Å²) in [5.41, 5.74) is 0. The van der Waals surface area contributed by atoms with E-state index < -0.39 is 0 Å². The monoisotopic (exact) mass is 267 g/mol. The van der Waals surface area contributed by atoms with E-state index in [1.54, 1.807) is 13.0 Å². The summed E-state index contributed by atoms with van der Waals surface area (Å²) < 4.78 is 4.89. The first-order valence-corrected chi connectivity index (χ1v) is 6.73. The van der Waals surface area contributed by atoms with Crippen molar-refractivity contribution in [2.24, 2.45) is 5.92 Å². The molecule has 19 heavy (non-hydrogen) atoms. The number of anilines is 1. The van der Waals surface area contributed by atoms with E-state index in [-0.39, 0.29) is 12.5 Å². The van der Waals surface area contributed by atoms with E-state index >= 15 is 0 Å². The van der Waals surface area contributed by atoms with Crippen LogP contribution in [-0.4, -0.2) is 47.3 Å². The lowest BCUT2D eigenvalue weighted by atomic mass is 9.99. The lowest BCUT2D eigenvalue weighted by molar-refractivity contribution is -0.116. The number of aliphatic hydroxyl groups excluding tert-OH is 1. The third kappa shape index (κ3) is 4.33. The lowest BCUT2D eigenvalue weighted by Gasteiger charge is -2.31. The second kappa shape index (κ2) is 6.68. The van der Waals surface area contributed by atoms with Gasteiger partial charge in [0.15, 0.2) is 5.82 Å². The SMILES string of the molecule is Cc1cc(NC(=O)CCN2CCCC(CO)C2)no1. The number of hydrogen-bond acceptors (Lipinski definition) is 5. The second-order valence-electron chi connectivity index (χ2n) is 5.11. The summed E-state index contributed by atoms with van der Waals surface area (Å²) in [5, 5.41) is 15.6. The summed E-state index contributed by atoms with van der Waals surface area (Å²) in [4.78, 5) is 14.0. The number of likely N-dealkylation sites (tertiary alicyclic amines) is 1. The maximum Gasteiger partial charge on any atom is 0.226 e. The third-order valence-corrected chi connectivity index (χ3v) is 3.41. The van der Waals surface area contributed by atoms with Gasteiger partial charge in [-0.1, -0.05) is 5.16 Å². The van der Waals surface area contributed by atoms with Crippen LogP contribution in [0.5, 0.6) is 0 Å². The molecule has 2 heterocycles. The minimum atomic E-state index is -0.0561. The van der Waals surface area contributed by atoms with Crippen LogP contribution >= 0.6 is 0 Å². The number of carbonyl (C=O) groups excluding carboxylic acids is 1. The van der Waals surface area contributed by atoms with Gasteiger partial charge in [-0.25, -0.2) is 0 Å². The zero-order valence-electron chi connectivity index (χ0n) is 11.3. The van der Waals surface area contributed by atoms with Gasteiger partial charge in [0, 0.05) is 32.2 Å². The highest BCUT2D eigenvalue weighted by Gasteiger charge is 2.19. The summed E-state index contributed by atoms with van der Waals surface area (Å²) in [7, 11) is 0. The molecule has 1 aliphatic heterocycles. The van der Waals surface area contributed by atoms with Crippen molar-refractivity contribution in [3.05, 3.63) is 11.8 Å². The van der Waals surface area contributed by atoms with E-state index in [1.165, 1.54) is 0 Å². The third-order valence-electron chi connectivity index (χ3n) is 3.41. The van der Waals surface area contributed by atoms with Crippen molar-refractivity contribution in [3.8, 4) is 0 Å². The number of aryl methyl sites for hydroxylation is 1. The molecule has 2 rings (SSSR count). The van der Waals surface area contributed by atoms with Gasteiger partial charge in [0.05, 0.1) is 0 Å². The molecule has 1 unspecified atom stereocenters. The number of carbonyl (C=O) groups is 1. The highest BCUT2D eigenvalue weighted by atomic mass is 16.5. The van der Waals surface area contributed by atoms with Crippen molar-refractivity contribution in [1.82, 2.24) is 10.1 Å². The number of rotatable bonds is 5. The fraction of sp³-hybridized carbons (Fsp3) is 0.692. The summed E-state index contributed by atoms with van der Waals surface area (Å²) >= 11 is 0. The molecule has 0 aliphatic carbocycles. The van der Waals surface area contributed by atoms with Crippen molar-refractivity contribution in [2.45, 2.75) is 26.2 Å². The van der Waals surface area contributed by atoms with Crippen LogP contribution in [0.2, 0.25) is 0 Å². The van der Waals surface area contributed by atoms with Crippen LogP contribution in [0.4, 0.5) is 5.82 Å². The molecule has 106 valence electrons. The highest BCUT2D eigenvalue weighted by Crippen LogP contribution is 2.16. The first-order valence-electron chi connectivity index (χ1n) is 6.73. The number of aromatic nitrogens is 1. The van der Waals surface area contributed by atoms with Crippen molar-refractivity contribution < 1.29 is 14.4 Å². The Labute approximate surface area is 112 Å². The molecule has 1 aromatic heterocycles. The molecule has 1 aromatic rings. The Hall–Kier alpha value is -1.40. The number of aliphatic hydroxyl groups is 1. The highest BCUT2D eigenvalue weighted by molar-refractivity contribution is 5.89. The predicted molar refractivity (Wildman–Crippen MR) is 70.7 cm³/mol. The summed E-state index contributed by atoms with van der Waals surface area (Å²) in [5.74, 6) is 1.45. The molecule has 0 aromatic carbocycles. The Morgan fingerprint density at radius 3 is 3.21 bits per heavy atom. The quantitative estimate of drug-likeness (QED) is 0.832. The molecule has 0 radical (unpaired) electrons. The normalized spacial score (nSPS) is 20.4. The molecular formula is C13H21N3O3. The van der Waals surface area contributed by atoms with Crippen LogP contribution in [0.25, 0.3) is 0 Å². The average molecular weight is 267 g/mol. The Kier molecular flexibility index (Phi) is 4.93. The van der Waals surface area contributed by atoms with Crippen molar-refractivity contribution in [2.75, 3.05) is 31.6 Å². The molecule has 6 heteroatoms. The van der Waals surface area contributed by atoms with Crippen LogP contribution in [-0.2, 0) is 4.79 Å². The number of piperidine rings is 1. The van der Waals surface area contributed by atoms with E-state index in [0.29, 0.717) is 23.9 Å². The minimum Gasteiger partial charge on any atom is -0.396 e. The van der Waals surface area contributed by atoms with Crippen LogP contribution < -0.4 is 5.32 Å². The van der Waals surface area contributed by atoms with Gasteiger partial charge in [-0.15, -0.1) is 0 Å². The van der Waals surface area contributed by atoms with Gasteiger partial charge in [0.25, 0.3) is 0 Å². The molecule has 0 bridgehead atoms. The number of amides is 1. The molecule has 0 saturated carbocycles. The smallest absolute Gasteiger partial charge is 0.226 e. The first kappa shape index (κ1) is 14.0. The molecule has 1 atom stereocenters. The second-order valence-corrected chi connectivity index (χ2v) is 5.11. The molecule has 2 N–H and O–H groups in total. The largest absolute Gasteiger partial charge is 0.396 e. The van der Waals surface area contributed by atoms with Crippen LogP contribution in [0.1, 0.15) is 25.0 Å². The Bertz CT molecular complexity index is 419. The first-order chi connectivity index (χ1) is 9.17. The Morgan fingerprint density at radius 1 is 1.68 bits per heavy atom. The number of nitrogens with zero attached hydrogens (tertiary/aromatic N) is 2. The van der Waals surface area contributed by atoms with Gasteiger partial charge in [0.2, 0.25) is 5.91 Å². The van der Waals surface area contributed by atoms with Crippen molar-refractivity contribution in [1.29, 1.82) is 0 Å². The van der Waals surface area contributed by atoms with Gasteiger partial charge in [-0.2, -0.15) is 0 Å². The van der Waals surface area contributed by atoms with Gasteiger partial charge in [-0.05, 0) is 32.2 Å². The topological polar surface area (TPSA) is 78.6 Å². The zero-order valence-corrected chi connectivity index (χ0v) is 11.3. The Balaban J connectivity index is 1.71. The molecule has 1 saturated heterocycles. The molecule has 0 spiro atoms. The standard InChI is InChI=1S/C13H21N3O3/c1-10-7-12(15-19-10)14-13(18)4-6-16-5-2-3-11(8-16)9-17/h7,11,17H,2-6,8-9H2,1H3,(H,14,15,18). The number of nitrogens with one attached hydrogen (secondary N) is 1.